The summed E-state index contributed by atoms with van der Waals surface area (Å²) in [5, 5.41) is 15.1. The van der Waals surface area contributed by atoms with E-state index >= 15 is 0 Å². The quantitative estimate of drug-likeness (QED) is 0.770. The number of carbonyl (C=O) groups is 2. The Morgan fingerprint density at radius 2 is 2.24 bits per heavy atom. The first kappa shape index (κ1) is 15.3. The number of hydrogen-bond donors (Lipinski definition) is 3. The number of aromatic nitrogens is 1. The summed E-state index contributed by atoms with van der Waals surface area (Å²) in [4.78, 5) is 26.9. The van der Waals surface area contributed by atoms with Gasteiger partial charge in [-0.1, -0.05) is 6.42 Å². The number of carbonyl (C=O) groups excluding carboxylic acids is 1. The first-order valence-electron chi connectivity index (χ1n) is 7.33. The topological polar surface area (TPSA) is 91.3 Å². The number of carboxylic acids is 1. The van der Waals surface area contributed by atoms with E-state index in [0.29, 0.717) is 18.7 Å². The largest absolute Gasteiger partial charge is 0.481 e. The van der Waals surface area contributed by atoms with Crippen LogP contribution in [0, 0.1) is 5.92 Å². The Hall–Kier alpha value is -2.11. The Labute approximate surface area is 124 Å². The van der Waals surface area contributed by atoms with Gasteiger partial charge < -0.3 is 15.7 Å². The van der Waals surface area contributed by atoms with E-state index in [0.717, 1.165) is 24.9 Å². The van der Waals surface area contributed by atoms with Crippen LogP contribution >= 0.6 is 0 Å². The maximum Gasteiger partial charge on any atom is 0.306 e. The molecule has 0 saturated heterocycles. The van der Waals surface area contributed by atoms with Crippen LogP contribution in [0.25, 0.3) is 0 Å². The summed E-state index contributed by atoms with van der Waals surface area (Å²) in [6, 6.07) is 3.63. The zero-order valence-electron chi connectivity index (χ0n) is 12.1. The molecule has 2 rings (SSSR count). The number of hydrogen-bond acceptors (Lipinski definition) is 4. The van der Waals surface area contributed by atoms with Crippen molar-refractivity contribution in [3.05, 3.63) is 24.0 Å². The van der Waals surface area contributed by atoms with Gasteiger partial charge in [-0.15, -0.1) is 0 Å². The van der Waals surface area contributed by atoms with E-state index in [1.807, 2.05) is 6.92 Å². The van der Waals surface area contributed by atoms with Crippen LogP contribution in [0.5, 0.6) is 0 Å². The molecule has 21 heavy (non-hydrogen) atoms. The van der Waals surface area contributed by atoms with Gasteiger partial charge in [0.25, 0.3) is 5.91 Å². The van der Waals surface area contributed by atoms with Gasteiger partial charge in [0, 0.05) is 24.5 Å². The second-order valence-electron chi connectivity index (χ2n) is 5.33. The molecule has 2 unspecified atom stereocenters. The Bertz CT molecular complexity index is 519. The summed E-state index contributed by atoms with van der Waals surface area (Å²) >= 11 is 0. The SMILES string of the molecule is CCNC(=O)c1cc(NC2CCCC(C(=O)O)C2)ccn1. The van der Waals surface area contributed by atoms with Gasteiger partial charge in [-0.3, -0.25) is 14.6 Å². The fourth-order valence-corrected chi connectivity index (χ4v) is 2.68. The lowest BCUT2D eigenvalue weighted by Gasteiger charge is -2.28. The van der Waals surface area contributed by atoms with Crippen LogP contribution in [0.3, 0.4) is 0 Å². The molecule has 1 aliphatic rings. The van der Waals surface area contributed by atoms with Crippen LogP contribution in [0.2, 0.25) is 0 Å². The molecule has 1 aliphatic carbocycles. The normalized spacial score (nSPS) is 21.6. The van der Waals surface area contributed by atoms with Gasteiger partial charge in [-0.25, -0.2) is 0 Å². The third kappa shape index (κ3) is 4.18. The molecular formula is C15H21N3O3. The van der Waals surface area contributed by atoms with E-state index in [1.54, 1.807) is 18.3 Å². The van der Waals surface area contributed by atoms with Crippen molar-refractivity contribution in [1.82, 2.24) is 10.3 Å². The second-order valence-corrected chi connectivity index (χ2v) is 5.33. The summed E-state index contributed by atoms with van der Waals surface area (Å²) in [5.74, 6) is -1.20. The molecule has 1 amide bonds. The van der Waals surface area contributed by atoms with E-state index in [9.17, 15) is 9.59 Å². The molecule has 1 heterocycles. The van der Waals surface area contributed by atoms with Crippen LogP contribution in [-0.2, 0) is 4.79 Å². The molecule has 2 atom stereocenters. The van der Waals surface area contributed by atoms with Crippen molar-refractivity contribution in [2.24, 2.45) is 5.92 Å². The Morgan fingerprint density at radius 3 is 2.95 bits per heavy atom. The van der Waals surface area contributed by atoms with Crippen LogP contribution in [0.1, 0.15) is 43.1 Å². The van der Waals surface area contributed by atoms with Crippen molar-refractivity contribution in [3.8, 4) is 0 Å². The molecule has 1 fully saturated rings. The Morgan fingerprint density at radius 1 is 1.43 bits per heavy atom. The number of anilines is 1. The molecule has 114 valence electrons. The van der Waals surface area contributed by atoms with E-state index in [1.165, 1.54) is 0 Å². The van der Waals surface area contributed by atoms with E-state index < -0.39 is 5.97 Å². The number of nitrogens with zero attached hydrogens (tertiary/aromatic N) is 1. The predicted molar refractivity (Wildman–Crippen MR) is 79.2 cm³/mol. The van der Waals surface area contributed by atoms with Gasteiger partial charge in [0.1, 0.15) is 5.69 Å². The smallest absolute Gasteiger partial charge is 0.306 e. The zero-order valence-corrected chi connectivity index (χ0v) is 12.1. The van der Waals surface area contributed by atoms with Crippen molar-refractivity contribution < 1.29 is 14.7 Å². The van der Waals surface area contributed by atoms with Crippen molar-refractivity contribution in [1.29, 1.82) is 0 Å². The molecule has 0 aromatic carbocycles. The molecule has 3 N–H and O–H groups in total. The van der Waals surface area contributed by atoms with E-state index in [4.69, 9.17) is 5.11 Å². The first-order chi connectivity index (χ1) is 10.1. The van der Waals surface area contributed by atoms with E-state index in [2.05, 4.69) is 15.6 Å². The minimum atomic E-state index is -0.723. The minimum Gasteiger partial charge on any atom is -0.481 e. The van der Waals surface area contributed by atoms with Crippen molar-refractivity contribution in [3.63, 3.8) is 0 Å². The molecule has 1 saturated carbocycles. The van der Waals surface area contributed by atoms with Gasteiger partial charge in [0.05, 0.1) is 5.92 Å². The highest BCUT2D eigenvalue weighted by atomic mass is 16.4. The number of carboxylic acid groups (broad SMARTS) is 1. The maximum atomic E-state index is 11.8. The number of aliphatic carboxylic acids is 1. The highest BCUT2D eigenvalue weighted by Gasteiger charge is 2.26. The average molecular weight is 291 g/mol. The summed E-state index contributed by atoms with van der Waals surface area (Å²) in [6.07, 6.45) is 4.80. The van der Waals surface area contributed by atoms with Crippen molar-refractivity contribution in [2.45, 2.75) is 38.6 Å². The third-order valence-corrected chi connectivity index (χ3v) is 3.72. The monoisotopic (exact) mass is 291 g/mol. The van der Waals surface area contributed by atoms with Crippen LogP contribution in [0.4, 0.5) is 5.69 Å². The van der Waals surface area contributed by atoms with Crippen LogP contribution in [0.15, 0.2) is 18.3 Å². The molecular weight excluding hydrogens is 270 g/mol. The summed E-state index contributed by atoms with van der Waals surface area (Å²) in [7, 11) is 0. The highest BCUT2D eigenvalue weighted by Crippen LogP contribution is 2.27. The molecule has 0 radical (unpaired) electrons. The van der Waals surface area contributed by atoms with Gasteiger partial charge in [0.15, 0.2) is 0 Å². The number of rotatable bonds is 5. The lowest BCUT2D eigenvalue weighted by atomic mass is 9.85. The van der Waals surface area contributed by atoms with Gasteiger partial charge >= 0.3 is 5.97 Å². The van der Waals surface area contributed by atoms with Crippen molar-refractivity contribution >= 4 is 17.6 Å². The van der Waals surface area contributed by atoms with Gasteiger partial charge in [0.2, 0.25) is 0 Å². The maximum absolute atomic E-state index is 11.8. The summed E-state index contributed by atoms with van der Waals surface area (Å²) in [5.41, 5.74) is 1.18. The Balaban J connectivity index is 2.01. The minimum absolute atomic E-state index is 0.129. The second kappa shape index (κ2) is 7.06. The van der Waals surface area contributed by atoms with Crippen LogP contribution in [-0.4, -0.2) is 34.6 Å². The number of pyridine rings is 1. The number of amides is 1. The molecule has 6 nitrogen and oxygen atoms in total. The molecule has 1 aromatic heterocycles. The predicted octanol–water partition coefficient (Wildman–Crippen LogP) is 1.89. The zero-order chi connectivity index (χ0) is 15.2. The lowest BCUT2D eigenvalue weighted by Crippen LogP contribution is -2.31. The number of nitrogens with one attached hydrogen (secondary N) is 2. The highest BCUT2D eigenvalue weighted by molar-refractivity contribution is 5.93. The summed E-state index contributed by atoms with van der Waals surface area (Å²) in [6.45, 7) is 2.41. The average Bonchev–Trinajstić information content (AvgIpc) is 2.48. The van der Waals surface area contributed by atoms with Gasteiger partial charge in [-0.05, 0) is 38.3 Å². The Kier molecular flexibility index (Phi) is 5.14. The molecule has 0 aliphatic heterocycles. The van der Waals surface area contributed by atoms with Crippen molar-refractivity contribution in [2.75, 3.05) is 11.9 Å². The molecule has 1 aromatic rings. The summed E-state index contributed by atoms with van der Waals surface area (Å²) < 4.78 is 0. The molecule has 6 heteroatoms. The third-order valence-electron chi connectivity index (χ3n) is 3.72. The fourth-order valence-electron chi connectivity index (χ4n) is 2.68. The van der Waals surface area contributed by atoms with Crippen LogP contribution < -0.4 is 10.6 Å². The van der Waals surface area contributed by atoms with Gasteiger partial charge in [-0.2, -0.15) is 0 Å². The van der Waals surface area contributed by atoms with E-state index in [-0.39, 0.29) is 17.9 Å². The molecule has 0 bridgehead atoms. The lowest BCUT2D eigenvalue weighted by molar-refractivity contribution is -0.142. The first-order valence-corrected chi connectivity index (χ1v) is 7.33. The fraction of sp³-hybridized carbons (Fsp3) is 0.533. The molecule has 0 spiro atoms. The standard InChI is InChI=1S/C15H21N3O3/c1-2-16-14(19)13-9-12(6-7-17-13)18-11-5-3-4-10(8-11)15(20)21/h6-7,9-11H,2-5,8H2,1H3,(H,16,19)(H,17,18)(H,20,21).